The first-order chi connectivity index (χ1) is 14.2. The van der Waals surface area contributed by atoms with Crippen LogP contribution in [0.25, 0.3) is 15.9 Å². The zero-order chi connectivity index (χ0) is 19.8. The number of nitrogens with zero attached hydrogens (tertiary/aromatic N) is 3. The zero-order valence-corrected chi connectivity index (χ0v) is 17.4. The van der Waals surface area contributed by atoms with Gasteiger partial charge in [0, 0.05) is 30.9 Å². The van der Waals surface area contributed by atoms with Crippen LogP contribution in [0, 0.1) is 4.77 Å². The molecule has 5 rings (SSSR count). The summed E-state index contributed by atoms with van der Waals surface area (Å²) in [5, 5.41) is 1.12. The average Bonchev–Trinajstić information content (AvgIpc) is 3.37. The van der Waals surface area contributed by atoms with Crippen LogP contribution in [-0.4, -0.2) is 38.4 Å². The van der Waals surface area contributed by atoms with Gasteiger partial charge in [0.05, 0.1) is 15.2 Å². The fourth-order valence-corrected chi connectivity index (χ4v) is 5.31. The molecule has 4 aromatic rings. The largest absolute Gasteiger partial charge is 0.337 e. The van der Waals surface area contributed by atoms with Crippen molar-refractivity contribution in [1.29, 1.82) is 0 Å². The number of benzene rings is 2. The number of H-pyrrole nitrogens is 1. The van der Waals surface area contributed by atoms with Gasteiger partial charge in [-0.25, -0.2) is 4.98 Å². The Morgan fingerprint density at radius 2 is 1.93 bits per heavy atom. The number of rotatable bonds is 3. The number of hydrogen-bond donors (Lipinski definition) is 1. The van der Waals surface area contributed by atoms with Gasteiger partial charge in [-0.1, -0.05) is 30.3 Å². The topological polar surface area (TPSA) is 53.9 Å². The van der Waals surface area contributed by atoms with Gasteiger partial charge in [0.1, 0.15) is 5.69 Å². The molecule has 1 N–H and O–H groups in total. The van der Waals surface area contributed by atoms with Crippen molar-refractivity contribution in [1.82, 2.24) is 19.4 Å². The normalized spacial score (nSPS) is 17.0. The van der Waals surface area contributed by atoms with Crippen molar-refractivity contribution in [2.45, 2.75) is 18.8 Å². The molecule has 0 spiro atoms. The van der Waals surface area contributed by atoms with Crippen molar-refractivity contribution in [3.05, 3.63) is 76.3 Å². The molecule has 3 heterocycles. The Morgan fingerprint density at radius 3 is 2.76 bits per heavy atom. The second kappa shape index (κ2) is 7.57. The number of fused-ring (bicyclic) bond motifs is 1. The minimum Gasteiger partial charge on any atom is -0.337 e. The number of imidazole rings is 1. The number of para-hydroxylation sites is 2. The van der Waals surface area contributed by atoms with Gasteiger partial charge in [-0.05, 0) is 49.3 Å². The van der Waals surface area contributed by atoms with Gasteiger partial charge < -0.3 is 9.88 Å². The van der Waals surface area contributed by atoms with Crippen molar-refractivity contribution in [3.8, 4) is 5.69 Å². The van der Waals surface area contributed by atoms with E-state index in [0.29, 0.717) is 17.0 Å². The lowest BCUT2D eigenvalue weighted by atomic mass is 9.98. The second-order valence-corrected chi connectivity index (χ2v) is 8.71. The molecule has 7 heteroatoms. The smallest absolute Gasteiger partial charge is 0.272 e. The molecule has 1 unspecified atom stereocenters. The number of likely N-dealkylation sites (tertiary alicyclic amines) is 1. The van der Waals surface area contributed by atoms with Crippen LogP contribution in [0.4, 0.5) is 0 Å². The summed E-state index contributed by atoms with van der Waals surface area (Å²) in [6, 6.07) is 18.0. The molecule has 1 aliphatic rings. The van der Waals surface area contributed by atoms with Crippen LogP contribution in [0.2, 0.25) is 0 Å². The monoisotopic (exact) mass is 420 g/mol. The van der Waals surface area contributed by atoms with Crippen molar-refractivity contribution < 1.29 is 4.79 Å². The minimum atomic E-state index is 0.00649. The molecule has 5 nitrogen and oxygen atoms in total. The van der Waals surface area contributed by atoms with Crippen molar-refractivity contribution in [3.63, 3.8) is 0 Å². The highest BCUT2D eigenvalue weighted by Crippen LogP contribution is 2.33. The fraction of sp³-hybridized carbons (Fsp3) is 0.227. The summed E-state index contributed by atoms with van der Waals surface area (Å²) in [5.41, 5.74) is 2.51. The Labute approximate surface area is 177 Å². The minimum absolute atomic E-state index is 0.00649. The quantitative estimate of drug-likeness (QED) is 0.466. The predicted molar refractivity (Wildman–Crippen MR) is 118 cm³/mol. The number of hydrogen-bond acceptors (Lipinski definition) is 4. The third kappa shape index (κ3) is 3.41. The maximum Gasteiger partial charge on any atom is 0.272 e. The van der Waals surface area contributed by atoms with Gasteiger partial charge >= 0.3 is 0 Å². The Kier molecular flexibility index (Phi) is 4.77. The van der Waals surface area contributed by atoms with E-state index in [1.165, 1.54) is 4.70 Å². The summed E-state index contributed by atoms with van der Waals surface area (Å²) in [4.78, 5) is 23.2. The van der Waals surface area contributed by atoms with E-state index in [4.69, 9.17) is 17.2 Å². The highest BCUT2D eigenvalue weighted by molar-refractivity contribution is 7.71. The molecule has 1 amide bonds. The summed E-state index contributed by atoms with van der Waals surface area (Å²) < 4.78 is 3.55. The molecule has 0 saturated carbocycles. The Balaban J connectivity index is 1.43. The van der Waals surface area contributed by atoms with E-state index < -0.39 is 0 Å². The molecule has 2 aromatic carbocycles. The van der Waals surface area contributed by atoms with E-state index in [2.05, 4.69) is 17.1 Å². The van der Waals surface area contributed by atoms with Crippen molar-refractivity contribution in [2.24, 2.45) is 0 Å². The number of thiazole rings is 1. The van der Waals surface area contributed by atoms with Gasteiger partial charge in [-0.2, -0.15) is 0 Å². The second-order valence-electron chi connectivity index (χ2n) is 7.26. The SMILES string of the molecule is O=C(c1c[nH]c(=S)n1-c1ccccc1)N1CCCC(c2nc3ccccc3s2)C1. The van der Waals surface area contributed by atoms with Crippen LogP contribution in [0.15, 0.2) is 60.8 Å². The third-order valence-electron chi connectivity index (χ3n) is 5.38. The number of piperidine rings is 1. The van der Waals surface area contributed by atoms with E-state index in [1.54, 1.807) is 17.5 Å². The Morgan fingerprint density at radius 1 is 1.14 bits per heavy atom. The van der Waals surface area contributed by atoms with Crippen LogP contribution in [0.1, 0.15) is 34.3 Å². The predicted octanol–water partition coefficient (Wildman–Crippen LogP) is 5.16. The van der Waals surface area contributed by atoms with E-state index in [0.717, 1.165) is 35.6 Å². The lowest BCUT2D eigenvalue weighted by Gasteiger charge is -2.32. The summed E-state index contributed by atoms with van der Waals surface area (Å²) in [5.74, 6) is 0.282. The molecule has 146 valence electrons. The van der Waals surface area contributed by atoms with Gasteiger partial charge in [-0.3, -0.25) is 9.36 Å². The number of amides is 1. The Hall–Kier alpha value is -2.77. The Bertz CT molecular complexity index is 1190. The number of nitrogens with one attached hydrogen (secondary N) is 1. The zero-order valence-electron chi connectivity index (χ0n) is 15.7. The first kappa shape index (κ1) is 18.3. The maximum absolute atomic E-state index is 13.4. The van der Waals surface area contributed by atoms with Crippen molar-refractivity contribution >= 4 is 39.7 Å². The molecule has 0 radical (unpaired) electrons. The molecular weight excluding hydrogens is 400 g/mol. The van der Waals surface area contributed by atoms with Gasteiger partial charge in [0.15, 0.2) is 4.77 Å². The molecule has 2 aromatic heterocycles. The molecule has 1 saturated heterocycles. The molecule has 1 fully saturated rings. The third-order valence-corrected chi connectivity index (χ3v) is 6.88. The van der Waals surface area contributed by atoms with E-state index in [9.17, 15) is 4.79 Å². The molecule has 0 bridgehead atoms. The standard InChI is InChI=1S/C22H20N4OS2/c27-21(18-13-23-22(28)26(18)16-8-2-1-3-9-16)25-12-6-7-15(14-25)20-24-17-10-4-5-11-19(17)29-20/h1-5,8-11,13,15H,6-7,12,14H2,(H,23,28). The number of aromatic nitrogens is 3. The van der Waals surface area contributed by atoms with Crippen LogP contribution in [0.5, 0.6) is 0 Å². The molecule has 1 aliphatic heterocycles. The fourth-order valence-electron chi connectivity index (χ4n) is 3.95. The van der Waals surface area contributed by atoms with Gasteiger partial charge in [0.2, 0.25) is 0 Å². The molecule has 29 heavy (non-hydrogen) atoms. The van der Waals surface area contributed by atoms with Crippen LogP contribution in [-0.2, 0) is 0 Å². The highest BCUT2D eigenvalue weighted by Gasteiger charge is 2.29. The lowest BCUT2D eigenvalue weighted by molar-refractivity contribution is 0.0699. The van der Waals surface area contributed by atoms with Gasteiger partial charge in [-0.15, -0.1) is 11.3 Å². The van der Waals surface area contributed by atoms with E-state index in [1.807, 2.05) is 51.9 Å². The molecule has 1 atom stereocenters. The number of carbonyl (C=O) groups is 1. The summed E-state index contributed by atoms with van der Waals surface area (Å²) in [7, 11) is 0. The summed E-state index contributed by atoms with van der Waals surface area (Å²) >= 11 is 7.18. The molecular formula is C22H20N4OS2. The van der Waals surface area contributed by atoms with E-state index in [-0.39, 0.29) is 11.8 Å². The van der Waals surface area contributed by atoms with Crippen LogP contribution >= 0.6 is 23.6 Å². The number of carbonyl (C=O) groups excluding carboxylic acids is 1. The average molecular weight is 421 g/mol. The van der Waals surface area contributed by atoms with Crippen molar-refractivity contribution in [2.75, 3.05) is 13.1 Å². The number of aromatic amines is 1. The van der Waals surface area contributed by atoms with E-state index >= 15 is 0 Å². The highest BCUT2D eigenvalue weighted by atomic mass is 32.1. The first-order valence-electron chi connectivity index (χ1n) is 9.71. The summed E-state index contributed by atoms with van der Waals surface area (Å²) in [6.45, 7) is 1.44. The lowest BCUT2D eigenvalue weighted by Crippen LogP contribution is -2.39. The molecule has 0 aliphatic carbocycles. The maximum atomic E-state index is 13.4. The first-order valence-corrected chi connectivity index (χ1v) is 10.9. The van der Waals surface area contributed by atoms with Gasteiger partial charge in [0.25, 0.3) is 5.91 Å². The van der Waals surface area contributed by atoms with Crippen LogP contribution in [0.3, 0.4) is 0 Å². The van der Waals surface area contributed by atoms with Crippen LogP contribution < -0.4 is 0 Å². The summed E-state index contributed by atoms with van der Waals surface area (Å²) in [6.07, 6.45) is 3.75.